The Kier molecular flexibility index (Phi) is 4.77. The van der Waals surface area contributed by atoms with Gasteiger partial charge in [-0.3, -0.25) is 14.2 Å². The monoisotopic (exact) mass is 289 g/mol. The van der Waals surface area contributed by atoms with E-state index in [9.17, 15) is 4.79 Å². The van der Waals surface area contributed by atoms with E-state index in [0.29, 0.717) is 13.0 Å². The molecule has 6 heteroatoms. The highest BCUT2D eigenvalue weighted by Crippen LogP contribution is 2.09. The van der Waals surface area contributed by atoms with E-state index in [4.69, 9.17) is 0 Å². The molecular formula is C15H23N5O. The fourth-order valence-corrected chi connectivity index (χ4v) is 2.28. The SMILES string of the molecule is CCn1ccc(C(C)NC(=O)CCn2nc(C)cc2C)n1. The van der Waals surface area contributed by atoms with Gasteiger partial charge in [-0.2, -0.15) is 10.2 Å². The van der Waals surface area contributed by atoms with Crippen LogP contribution < -0.4 is 5.32 Å². The quantitative estimate of drug-likeness (QED) is 0.884. The molecule has 0 fully saturated rings. The summed E-state index contributed by atoms with van der Waals surface area (Å²) >= 11 is 0. The van der Waals surface area contributed by atoms with Crippen molar-refractivity contribution in [1.82, 2.24) is 24.9 Å². The number of hydrogen-bond acceptors (Lipinski definition) is 3. The van der Waals surface area contributed by atoms with Gasteiger partial charge in [-0.15, -0.1) is 0 Å². The van der Waals surface area contributed by atoms with E-state index in [1.54, 1.807) is 0 Å². The number of amides is 1. The minimum absolute atomic E-state index is 0.0149. The molecule has 0 spiro atoms. The second-order valence-corrected chi connectivity index (χ2v) is 5.29. The average Bonchev–Trinajstić information content (AvgIpc) is 3.03. The van der Waals surface area contributed by atoms with Gasteiger partial charge >= 0.3 is 0 Å². The molecule has 1 N–H and O–H groups in total. The van der Waals surface area contributed by atoms with E-state index in [1.165, 1.54) is 0 Å². The number of rotatable bonds is 6. The molecule has 0 saturated heterocycles. The van der Waals surface area contributed by atoms with Crippen molar-refractivity contribution in [3.63, 3.8) is 0 Å². The molecule has 0 radical (unpaired) electrons. The molecule has 114 valence electrons. The lowest BCUT2D eigenvalue weighted by molar-refractivity contribution is -0.122. The molecule has 0 aliphatic carbocycles. The largest absolute Gasteiger partial charge is 0.348 e. The highest BCUT2D eigenvalue weighted by atomic mass is 16.1. The average molecular weight is 289 g/mol. The van der Waals surface area contributed by atoms with Gasteiger partial charge in [0, 0.05) is 31.4 Å². The van der Waals surface area contributed by atoms with Crippen molar-refractivity contribution in [2.24, 2.45) is 0 Å². The zero-order chi connectivity index (χ0) is 15.4. The molecule has 1 unspecified atom stereocenters. The van der Waals surface area contributed by atoms with Gasteiger partial charge in [0.2, 0.25) is 5.91 Å². The summed E-state index contributed by atoms with van der Waals surface area (Å²) in [5, 5.41) is 11.7. The van der Waals surface area contributed by atoms with Crippen LogP contribution >= 0.6 is 0 Å². The third kappa shape index (κ3) is 3.93. The molecule has 2 heterocycles. The summed E-state index contributed by atoms with van der Waals surface area (Å²) in [5.74, 6) is 0.0149. The molecule has 0 bridgehead atoms. The Morgan fingerprint density at radius 2 is 2.14 bits per heavy atom. The van der Waals surface area contributed by atoms with Gasteiger partial charge in [-0.25, -0.2) is 0 Å². The molecular weight excluding hydrogens is 266 g/mol. The van der Waals surface area contributed by atoms with Crippen LogP contribution in [0.2, 0.25) is 0 Å². The standard InChI is InChI=1S/C15H23N5O/c1-5-19-8-6-14(18-19)13(4)16-15(21)7-9-20-12(3)10-11(2)17-20/h6,8,10,13H,5,7,9H2,1-4H3,(H,16,21). The van der Waals surface area contributed by atoms with Gasteiger partial charge in [0.05, 0.1) is 17.4 Å². The van der Waals surface area contributed by atoms with Crippen molar-refractivity contribution < 1.29 is 4.79 Å². The van der Waals surface area contributed by atoms with Gasteiger partial charge in [0.15, 0.2) is 0 Å². The predicted octanol–water partition coefficient (Wildman–Crippen LogP) is 1.98. The molecule has 2 rings (SSSR count). The highest BCUT2D eigenvalue weighted by Gasteiger charge is 2.12. The molecule has 0 saturated carbocycles. The van der Waals surface area contributed by atoms with Crippen molar-refractivity contribution in [2.45, 2.75) is 53.2 Å². The van der Waals surface area contributed by atoms with Crippen molar-refractivity contribution in [1.29, 1.82) is 0 Å². The minimum Gasteiger partial charge on any atom is -0.348 e. The lowest BCUT2D eigenvalue weighted by atomic mass is 10.2. The van der Waals surface area contributed by atoms with Gasteiger partial charge < -0.3 is 5.32 Å². The van der Waals surface area contributed by atoms with E-state index >= 15 is 0 Å². The maximum absolute atomic E-state index is 12.0. The molecule has 6 nitrogen and oxygen atoms in total. The molecule has 0 aliphatic heterocycles. The fraction of sp³-hybridized carbons (Fsp3) is 0.533. The summed E-state index contributed by atoms with van der Waals surface area (Å²) in [4.78, 5) is 12.0. The van der Waals surface area contributed by atoms with Gasteiger partial charge in [-0.05, 0) is 39.8 Å². The Morgan fingerprint density at radius 1 is 1.38 bits per heavy atom. The van der Waals surface area contributed by atoms with E-state index in [1.807, 2.05) is 55.4 Å². The van der Waals surface area contributed by atoms with Crippen LogP contribution in [0.4, 0.5) is 0 Å². The van der Waals surface area contributed by atoms with Crippen LogP contribution in [0.1, 0.15) is 43.4 Å². The number of nitrogens with one attached hydrogen (secondary N) is 1. The summed E-state index contributed by atoms with van der Waals surface area (Å²) < 4.78 is 3.72. The summed E-state index contributed by atoms with van der Waals surface area (Å²) in [6.07, 6.45) is 2.34. The van der Waals surface area contributed by atoms with Crippen LogP contribution in [0.5, 0.6) is 0 Å². The van der Waals surface area contributed by atoms with Crippen LogP contribution in [0.3, 0.4) is 0 Å². The summed E-state index contributed by atoms with van der Waals surface area (Å²) in [6, 6.07) is 3.87. The Bertz CT molecular complexity index is 613. The first-order valence-electron chi connectivity index (χ1n) is 7.33. The molecule has 0 aromatic carbocycles. The Morgan fingerprint density at radius 3 is 2.71 bits per heavy atom. The van der Waals surface area contributed by atoms with Crippen LogP contribution in [0.15, 0.2) is 18.3 Å². The number of aryl methyl sites for hydroxylation is 4. The predicted molar refractivity (Wildman–Crippen MR) is 80.8 cm³/mol. The Balaban J connectivity index is 1.85. The number of carbonyl (C=O) groups is 1. The van der Waals surface area contributed by atoms with Crippen molar-refractivity contribution >= 4 is 5.91 Å². The van der Waals surface area contributed by atoms with E-state index in [-0.39, 0.29) is 11.9 Å². The first-order valence-corrected chi connectivity index (χ1v) is 7.33. The van der Waals surface area contributed by atoms with Crippen LogP contribution in [0.25, 0.3) is 0 Å². The highest BCUT2D eigenvalue weighted by molar-refractivity contribution is 5.76. The lowest BCUT2D eigenvalue weighted by Gasteiger charge is -2.12. The smallest absolute Gasteiger partial charge is 0.222 e. The number of carbonyl (C=O) groups excluding carboxylic acids is 1. The zero-order valence-corrected chi connectivity index (χ0v) is 13.1. The fourth-order valence-electron chi connectivity index (χ4n) is 2.28. The van der Waals surface area contributed by atoms with Crippen molar-refractivity contribution in [3.05, 3.63) is 35.4 Å². The maximum Gasteiger partial charge on any atom is 0.222 e. The zero-order valence-electron chi connectivity index (χ0n) is 13.1. The molecule has 1 amide bonds. The Hall–Kier alpha value is -2.11. The molecule has 2 aromatic rings. The second-order valence-electron chi connectivity index (χ2n) is 5.29. The van der Waals surface area contributed by atoms with E-state index in [0.717, 1.165) is 23.6 Å². The summed E-state index contributed by atoms with van der Waals surface area (Å²) in [7, 11) is 0. The van der Waals surface area contributed by atoms with Gasteiger partial charge in [0.1, 0.15) is 0 Å². The molecule has 21 heavy (non-hydrogen) atoms. The van der Waals surface area contributed by atoms with Crippen LogP contribution in [-0.2, 0) is 17.9 Å². The molecule has 1 atom stereocenters. The molecule has 0 aliphatic rings. The summed E-state index contributed by atoms with van der Waals surface area (Å²) in [5.41, 5.74) is 2.94. The lowest BCUT2D eigenvalue weighted by Crippen LogP contribution is -2.28. The Labute approximate surface area is 125 Å². The molecule has 2 aromatic heterocycles. The first-order chi connectivity index (χ1) is 9.99. The summed E-state index contributed by atoms with van der Waals surface area (Å²) in [6.45, 7) is 9.37. The normalized spacial score (nSPS) is 12.4. The number of hydrogen-bond donors (Lipinski definition) is 1. The van der Waals surface area contributed by atoms with Gasteiger partial charge in [-0.1, -0.05) is 0 Å². The van der Waals surface area contributed by atoms with Crippen LogP contribution in [-0.4, -0.2) is 25.5 Å². The second kappa shape index (κ2) is 6.56. The first kappa shape index (κ1) is 15.3. The topological polar surface area (TPSA) is 64.7 Å². The van der Waals surface area contributed by atoms with Crippen molar-refractivity contribution in [2.75, 3.05) is 0 Å². The maximum atomic E-state index is 12.0. The third-order valence-corrected chi connectivity index (χ3v) is 3.46. The number of nitrogens with zero attached hydrogens (tertiary/aromatic N) is 4. The third-order valence-electron chi connectivity index (χ3n) is 3.46. The van der Waals surface area contributed by atoms with Crippen molar-refractivity contribution in [3.8, 4) is 0 Å². The number of aromatic nitrogens is 4. The van der Waals surface area contributed by atoms with Gasteiger partial charge in [0.25, 0.3) is 0 Å². The van der Waals surface area contributed by atoms with E-state index < -0.39 is 0 Å². The minimum atomic E-state index is -0.0780. The van der Waals surface area contributed by atoms with E-state index in [2.05, 4.69) is 15.5 Å². The van der Waals surface area contributed by atoms with Crippen LogP contribution in [0, 0.1) is 13.8 Å².